The van der Waals surface area contributed by atoms with Gasteiger partial charge in [-0.05, 0) is 18.2 Å². The van der Waals surface area contributed by atoms with Crippen LogP contribution >= 0.6 is 0 Å². The molecule has 0 aliphatic rings. The van der Waals surface area contributed by atoms with E-state index in [0.717, 1.165) is 5.39 Å². The Morgan fingerprint density at radius 2 is 2.04 bits per heavy atom. The molecule has 2 N–H and O–H groups in total. The third-order valence-corrected chi connectivity index (χ3v) is 3.59. The Morgan fingerprint density at radius 3 is 2.83 bits per heavy atom. The van der Waals surface area contributed by atoms with Crippen molar-refractivity contribution in [2.24, 2.45) is 5.73 Å². The number of rotatable bonds is 3. The molecule has 0 fully saturated rings. The maximum absolute atomic E-state index is 11.4. The Balaban J connectivity index is 1.85. The van der Waals surface area contributed by atoms with E-state index in [1.54, 1.807) is 12.4 Å². The minimum Gasteiger partial charge on any atom is -0.365 e. The lowest BCUT2D eigenvalue weighted by molar-refractivity contribution is 0.1000. The van der Waals surface area contributed by atoms with Gasteiger partial charge in [0.2, 0.25) is 0 Å². The molecule has 0 bridgehead atoms. The second-order valence-electron chi connectivity index (χ2n) is 5.12. The zero-order valence-electron chi connectivity index (χ0n) is 12.4. The molecular formula is C17H11N5O2. The largest absolute Gasteiger partial charge is 0.365 e. The Bertz CT molecular complexity index is 1040. The van der Waals surface area contributed by atoms with E-state index in [1.165, 1.54) is 6.26 Å². The van der Waals surface area contributed by atoms with Crippen molar-refractivity contribution in [1.29, 1.82) is 0 Å². The highest BCUT2D eigenvalue weighted by molar-refractivity contribution is 5.99. The van der Waals surface area contributed by atoms with Crippen LogP contribution < -0.4 is 5.73 Å². The van der Waals surface area contributed by atoms with Gasteiger partial charge in [0, 0.05) is 23.3 Å². The fourth-order valence-electron chi connectivity index (χ4n) is 2.41. The molecular weight excluding hydrogens is 306 g/mol. The third kappa shape index (κ3) is 2.38. The number of benzene rings is 1. The van der Waals surface area contributed by atoms with E-state index in [2.05, 4.69) is 20.1 Å². The van der Waals surface area contributed by atoms with Crippen LogP contribution in [-0.4, -0.2) is 26.0 Å². The first-order valence-electron chi connectivity index (χ1n) is 7.15. The average molecular weight is 317 g/mol. The van der Waals surface area contributed by atoms with E-state index >= 15 is 0 Å². The summed E-state index contributed by atoms with van der Waals surface area (Å²) in [6.45, 7) is 0. The maximum Gasteiger partial charge on any atom is 0.254 e. The Hall–Kier alpha value is -3.61. The van der Waals surface area contributed by atoms with Crippen molar-refractivity contribution in [1.82, 2.24) is 20.1 Å². The maximum atomic E-state index is 11.4. The van der Waals surface area contributed by atoms with Gasteiger partial charge in [0.05, 0.1) is 5.52 Å². The van der Waals surface area contributed by atoms with Crippen LogP contribution in [0.3, 0.4) is 0 Å². The quantitative estimate of drug-likeness (QED) is 0.622. The van der Waals surface area contributed by atoms with Crippen LogP contribution in [0.5, 0.6) is 0 Å². The number of nitrogens with two attached hydrogens (primary N) is 1. The van der Waals surface area contributed by atoms with Crippen LogP contribution in [0.4, 0.5) is 0 Å². The van der Waals surface area contributed by atoms with E-state index < -0.39 is 5.91 Å². The molecule has 0 spiro atoms. The molecule has 24 heavy (non-hydrogen) atoms. The van der Waals surface area contributed by atoms with Crippen molar-refractivity contribution >= 4 is 16.8 Å². The van der Waals surface area contributed by atoms with E-state index in [1.807, 2.05) is 36.4 Å². The van der Waals surface area contributed by atoms with Crippen LogP contribution in [0, 0.1) is 0 Å². The average Bonchev–Trinajstić information content (AvgIpc) is 3.11. The number of pyridine rings is 1. The summed E-state index contributed by atoms with van der Waals surface area (Å²) in [6.07, 6.45) is 4.66. The highest BCUT2D eigenvalue weighted by Gasteiger charge is 2.15. The Kier molecular flexibility index (Phi) is 3.24. The van der Waals surface area contributed by atoms with Gasteiger partial charge in [-0.2, -0.15) is 0 Å². The lowest BCUT2D eigenvalue weighted by atomic mass is 10.1. The second kappa shape index (κ2) is 5.54. The van der Waals surface area contributed by atoms with Crippen molar-refractivity contribution in [3.05, 3.63) is 60.6 Å². The van der Waals surface area contributed by atoms with Crippen molar-refractivity contribution in [3.8, 4) is 22.8 Å². The molecule has 7 nitrogen and oxygen atoms in total. The molecule has 1 amide bonds. The zero-order chi connectivity index (χ0) is 16.5. The fourth-order valence-corrected chi connectivity index (χ4v) is 2.41. The van der Waals surface area contributed by atoms with Crippen LogP contribution in [0.15, 0.2) is 59.6 Å². The molecule has 3 heterocycles. The number of primary amides is 1. The Morgan fingerprint density at radius 1 is 1.12 bits per heavy atom. The molecule has 7 heteroatoms. The molecule has 0 saturated carbocycles. The summed E-state index contributed by atoms with van der Waals surface area (Å²) in [5, 5.41) is 4.73. The number of fused-ring (bicyclic) bond motifs is 1. The second-order valence-corrected chi connectivity index (χ2v) is 5.12. The highest BCUT2D eigenvalue weighted by Crippen LogP contribution is 2.26. The minimum absolute atomic E-state index is 0.230. The van der Waals surface area contributed by atoms with Gasteiger partial charge >= 0.3 is 0 Å². The predicted octanol–water partition coefficient (Wildman–Crippen LogP) is 2.45. The molecule has 0 saturated heterocycles. The molecule has 0 radical (unpaired) electrons. The topological polar surface area (TPSA) is 108 Å². The SMILES string of the molecule is NC(=O)c1conc1-c1ccc2cnc(-c3ccccn3)nc2c1. The van der Waals surface area contributed by atoms with E-state index in [4.69, 9.17) is 10.3 Å². The first-order valence-corrected chi connectivity index (χ1v) is 7.15. The Labute approximate surface area is 136 Å². The van der Waals surface area contributed by atoms with Gasteiger partial charge < -0.3 is 10.3 Å². The normalized spacial score (nSPS) is 10.8. The first-order chi connectivity index (χ1) is 11.7. The van der Waals surface area contributed by atoms with Gasteiger partial charge in [-0.3, -0.25) is 9.78 Å². The molecule has 0 aliphatic heterocycles. The summed E-state index contributed by atoms with van der Waals surface area (Å²) in [4.78, 5) is 24.6. The molecule has 3 aromatic heterocycles. The lowest BCUT2D eigenvalue weighted by Gasteiger charge is -2.04. The smallest absolute Gasteiger partial charge is 0.254 e. The summed E-state index contributed by atoms with van der Waals surface area (Å²) in [5.74, 6) is -0.0706. The molecule has 0 aliphatic carbocycles. The zero-order valence-corrected chi connectivity index (χ0v) is 12.4. The monoisotopic (exact) mass is 317 g/mol. The van der Waals surface area contributed by atoms with Gasteiger partial charge in [-0.15, -0.1) is 0 Å². The molecule has 4 aromatic rings. The van der Waals surface area contributed by atoms with Crippen LogP contribution in [0.1, 0.15) is 10.4 Å². The molecule has 116 valence electrons. The summed E-state index contributed by atoms with van der Waals surface area (Å²) in [7, 11) is 0. The number of hydrogen-bond acceptors (Lipinski definition) is 6. The highest BCUT2D eigenvalue weighted by atomic mass is 16.5. The summed E-state index contributed by atoms with van der Waals surface area (Å²) in [6, 6.07) is 11.0. The van der Waals surface area contributed by atoms with Gasteiger partial charge in [0.25, 0.3) is 5.91 Å². The van der Waals surface area contributed by atoms with E-state index in [0.29, 0.717) is 28.3 Å². The summed E-state index contributed by atoms with van der Waals surface area (Å²) >= 11 is 0. The van der Waals surface area contributed by atoms with Crippen molar-refractivity contribution < 1.29 is 9.32 Å². The fraction of sp³-hybridized carbons (Fsp3) is 0. The third-order valence-electron chi connectivity index (χ3n) is 3.59. The van der Waals surface area contributed by atoms with E-state index in [9.17, 15) is 4.79 Å². The van der Waals surface area contributed by atoms with Gasteiger partial charge in [-0.25, -0.2) is 9.97 Å². The van der Waals surface area contributed by atoms with Crippen molar-refractivity contribution in [2.75, 3.05) is 0 Å². The molecule has 4 rings (SSSR count). The van der Waals surface area contributed by atoms with Crippen LogP contribution in [0.2, 0.25) is 0 Å². The van der Waals surface area contributed by atoms with Crippen LogP contribution in [-0.2, 0) is 0 Å². The van der Waals surface area contributed by atoms with Crippen molar-refractivity contribution in [3.63, 3.8) is 0 Å². The number of carbonyl (C=O) groups is 1. The van der Waals surface area contributed by atoms with Crippen molar-refractivity contribution in [2.45, 2.75) is 0 Å². The lowest BCUT2D eigenvalue weighted by Crippen LogP contribution is -2.11. The summed E-state index contributed by atoms with van der Waals surface area (Å²) in [5.41, 5.74) is 8.04. The number of aromatic nitrogens is 4. The van der Waals surface area contributed by atoms with E-state index in [-0.39, 0.29) is 5.56 Å². The number of hydrogen-bond donors (Lipinski definition) is 1. The van der Waals surface area contributed by atoms with Crippen LogP contribution in [0.25, 0.3) is 33.7 Å². The minimum atomic E-state index is -0.594. The molecule has 0 atom stereocenters. The van der Waals surface area contributed by atoms with Gasteiger partial charge in [0.15, 0.2) is 5.82 Å². The standard InChI is InChI=1S/C17H11N5O2/c18-16(23)12-9-24-22-15(12)10-4-5-11-8-20-17(21-14(11)7-10)13-3-1-2-6-19-13/h1-9H,(H2,18,23). The molecule has 0 unspecified atom stereocenters. The van der Waals surface area contributed by atoms with Gasteiger partial charge in [0.1, 0.15) is 23.2 Å². The first kappa shape index (κ1) is 14.0. The predicted molar refractivity (Wildman–Crippen MR) is 86.8 cm³/mol. The number of nitrogens with zero attached hydrogens (tertiary/aromatic N) is 4. The summed E-state index contributed by atoms with van der Waals surface area (Å²) < 4.78 is 4.87. The number of carbonyl (C=O) groups excluding carboxylic acids is 1. The van der Waals surface area contributed by atoms with Gasteiger partial charge in [-0.1, -0.05) is 23.4 Å². The number of amides is 1. The molecule has 1 aromatic carbocycles.